The highest BCUT2D eigenvalue weighted by atomic mass is 16.3. The molecule has 1 fully saturated rings. The standard InChI is InChI=1S/C22H19N5O3/c28-21(15-8-9-15)25-26-22(29)17-11-19(14-5-2-1-3-6-14)24-20-18(17)12-23-27(20)13-16-7-4-10-30-16/h1-7,10-12,15H,8-9,13H2,(H,25,28)(H,26,29). The number of nitrogens with one attached hydrogen (secondary N) is 2. The van der Waals surface area contributed by atoms with E-state index < -0.39 is 5.91 Å². The van der Waals surface area contributed by atoms with E-state index in [1.54, 1.807) is 23.2 Å². The lowest BCUT2D eigenvalue weighted by Gasteiger charge is -2.10. The van der Waals surface area contributed by atoms with Gasteiger partial charge < -0.3 is 4.42 Å². The Labute approximate surface area is 171 Å². The fraction of sp³-hybridized carbons (Fsp3) is 0.182. The first-order chi connectivity index (χ1) is 14.7. The molecule has 3 aromatic heterocycles. The topological polar surface area (TPSA) is 102 Å². The minimum atomic E-state index is -0.411. The molecule has 0 saturated heterocycles. The van der Waals surface area contributed by atoms with E-state index in [1.807, 2.05) is 42.5 Å². The molecule has 2 N–H and O–H groups in total. The van der Waals surface area contributed by atoms with Gasteiger partial charge in [-0.2, -0.15) is 5.10 Å². The smallest absolute Gasteiger partial charge is 0.270 e. The zero-order valence-electron chi connectivity index (χ0n) is 16.0. The Morgan fingerprint density at radius 2 is 1.93 bits per heavy atom. The van der Waals surface area contributed by atoms with Crippen LogP contribution in [0.1, 0.15) is 29.0 Å². The van der Waals surface area contributed by atoms with Gasteiger partial charge in [0, 0.05) is 11.5 Å². The molecule has 2 amide bonds. The van der Waals surface area contributed by atoms with Crippen LogP contribution in [0.3, 0.4) is 0 Å². The highest BCUT2D eigenvalue weighted by Crippen LogP contribution is 2.28. The average Bonchev–Trinajstić information content (AvgIpc) is 3.37. The number of pyridine rings is 1. The Morgan fingerprint density at radius 1 is 1.10 bits per heavy atom. The molecule has 8 heteroatoms. The molecule has 0 unspecified atom stereocenters. The third kappa shape index (κ3) is 3.55. The third-order valence-electron chi connectivity index (χ3n) is 5.06. The van der Waals surface area contributed by atoms with Crippen molar-refractivity contribution in [3.8, 4) is 11.3 Å². The van der Waals surface area contributed by atoms with Gasteiger partial charge in [0.05, 0.1) is 29.1 Å². The molecule has 0 aliphatic heterocycles. The molecule has 5 rings (SSSR count). The summed E-state index contributed by atoms with van der Waals surface area (Å²) < 4.78 is 7.12. The second kappa shape index (κ2) is 7.47. The van der Waals surface area contributed by atoms with E-state index in [1.165, 1.54) is 0 Å². The first-order valence-corrected chi connectivity index (χ1v) is 9.73. The number of furan rings is 1. The van der Waals surface area contributed by atoms with Crippen molar-refractivity contribution in [1.29, 1.82) is 0 Å². The third-order valence-corrected chi connectivity index (χ3v) is 5.06. The molecule has 4 aromatic rings. The van der Waals surface area contributed by atoms with Gasteiger partial charge in [-0.15, -0.1) is 0 Å². The zero-order valence-corrected chi connectivity index (χ0v) is 16.0. The molecule has 1 saturated carbocycles. The number of benzene rings is 1. The predicted molar refractivity (Wildman–Crippen MR) is 109 cm³/mol. The molecular weight excluding hydrogens is 382 g/mol. The highest BCUT2D eigenvalue weighted by Gasteiger charge is 2.30. The summed E-state index contributed by atoms with van der Waals surface area (Å²) in [4.78, 5) is 29.6. The van der Waals surface area contributed by atoms with Crippen LogP contribution < -0.4 is 10.9 Å². The summed E-state index contributed by atoms with van der Waals surface area (Å²) >= 11 is 0. The Kier molecular flexibility index (Phi) is 4.51. The quantitative estimate of drug-likeness (QED) is 0.501. The van der Waals surface area contributed by atoms with Gasteiger partial charge in [0.1, 0.15) is 12.3 Å². The number of hydrazine groups is 1. The van der Waals surface area contributed by atoms with Crippen LogP contribution in [-0.2, 0) is 11.3 Å². The van der Waals surface area contributed by atoms with Gasteiger partial charge in [-0.25, -0.2) is 9.67 Å². The molecule has 1 aromatic carbocycles. The van der Waals surface area contributed by atoms with E-state index in [-0.39, 0.29) is 11.8 Å². The number of hydrogen-bond donors (Lipinski definition) is 2. The number of carbonyl (C=O) groups excluding carboxylic acids is 2. The molecule has 0 spiro atoms. The summed E-state index contributed by atoms with van der Waals surface area (Å²) in [5.74, 6) is 0.157. The fourth-order valence-corrected chi connectivity index (χ4v) is 3.29. The fourth-order valence-electron chi connectivity index (χ4n) is 3.29. The van der Waals surface area contributed by atoms with Gasteiger partial charge in [-0.3, -0.25) is 20.4 Å². The van der Waals surface area contributed by atoms with E-state index in [9.17, 15) is 9.59 Å². The first kappa shape index (κ1) is 18.1. The van der Waals surface area contributed by atoms with Gasteiger partial charge in [0.2, 0.25) is 5.91 Å². The lowest BCUT2D eigenvalue weighted by molar-refractivity contribution is -0.123. The van der Waals surface area contributed by atoms with Crippen molar-refractivity contribution < 1.29 is 14.0 Å². The summed E-state index contributed by atoms with van der Waals surface area (Å²) in [7, 11) is 0. The molecule has 30 heavy (non-hydrogen) atoms. The molecule has 1 aliphatic rings. The van der Waals surface area contributed by atoms with Crippen molar-refractivity contribution in [2.45, 2.75) is 19.4 Å². The zero-order chi connectivity index (χ0) is 20.5. The largest absolute Gasteiger partial charge is 0.467 e. The van der Waals surface area contributed by atoms with Gasteiger partial charge in [-0.05, 0) is 31.0 Å². The maximum absolute atomic E-state index is 12.9. The molecule has 1 aliphatic carbocycles. The van der Waals surface area contributed by atoms with Crippen molar-refractivity contribution in [2.24, 2.45) is 5.92 Å². The van der Waals surface area contributed by atoms with Crippen molar-refractivity contribution in [2.75, 3.05) is 0 Å². The summed E-state index contributed by atoms with van der Waals surface area (Å²) in [5, 5.41) is 5.00. The number of amides is 2. The molecule has 3 heterocycles. The lowest BCUT2D eigenvalue weighted by Crippen LogP contribution is -2.42. The minimum absolute atomic E-state index is 0.00122. The SMILES string of the molecule is O=C(NNC(=O)C1CC1)c1cc(-c2ccccc2)nc2c1cnn2Cc1ccco1. The van der Waals surface area contributed by atoms with Crippen LogP contribution >= 0.6 is 0 Å². The summed E-state index contributed by atoms with van der Waals surface area (Å²) in [6.07, 6.45) is 4.93. The number of aromatic nitrogens is 3. The van der Waals surface area contributed by atoms with Crippen molar-refractivity contribution >= 4 is 22.8 Å². The Morgan fingerprint density at radius 3 is 2.67 bits per heavy atom. The number of nitrogens with zero attached hydrogens (tertiary/aromatic N) is 3. The van der Waals surface area contributed by atoms with E-state index in [0.717, 1.165) is 24.2 Å². The lowest BCUT2D eigenvalue weighted by atomic mass is 10.1. The monoisotopic (exact) mass is 401 g/mol. The highest BCUT2D eigenvalue weighted by molar-refractivity contribution is 6.07. The Hall–Kier alpha value is -3.94. The van der Waals surface area contributed by atoms with Crippen LogP contribution in [0, 0.1) is 5.92 Å². The van der Waals surface area contributed by atoms with E-state index in [0.29, 0.717) is 28.8 Å². The number of carbonyl (C=O) groups is 2. The van der Waals surface area contributed by atoms with E-state index in [2.05, 4.69) is 16.0 Å². The molecule has 0 radical (unpaired) electrons. The second-order valence-electron chi connectivity index (χ2n) is 7.26. The average molecular weight is 401 g/mol. The normalized spacial score (nSPS) is 13.3. The van der Waals surface area contributed by atoms with Gasteiger partial charge in [0.15, 0.2) is 5.65 Å². The Bertz CT molecular complexity index is 1210. The maximum atomic E-state index is 12.9. The maximum Gasteiger partial charge on any atom is 0.270 e. The number of rotatable bonds is 5. The number of hydrogen-bond acceptors (Lipinski definition) is 5. The van der Waals surface area contributed by atoms with E-state index in [4.69, 9.17) is 9.40 Å². The molecule has 150 valence electrons. The summed E-state index contributed by atoms with van der Waals surface area (Å²) in [6, 6.07) is 15.0. The molecular formula is C22H19N5O3. The number of fused-ring (bicyclic) bond motifs is 1. The Balaban J connectivity index is 1.54. The van der Waals surface area contributed by atoms with Crippen molar-refractivity contribution in [3.05, 3.63) is 72.3 Å². The van der Waals surface area contributed by atoms with Gasteiger partial charge >= 0.3 is 0 Å². The van der Waals surface area contributed by atoms with Gasteiger partial charge in [-0.1, -0.05) is 30.3 Å². The van der Waals surface area contributed by atoms with Gasteiger partial charge in [0.25, 0.3) is 5.91 Å². The second-order valence-corrected chi connectivity index (χ2v) is 7.26. The summed E-state index contributed by atoms with van der Waals surface area (Å²) in [6.45, 7) is 0.390. The van der Waals surface area contributed by atoms with E-state index >= 15 is 0 Å². The van der Waals surface area contributed by atoms with Crippen LogP contribution in [-0.4, -0.2) is 26.6 Å². The predicted octanol–water partition coefficient (Wildman–Crippen LogP) is 2.91. The molecule has 0 bridgehead atoms. The summed E-state index contributed by atoms with van der Waals surface area (Å²) in [5.41, 5.74) is 7.50. The van der Waals surface area contributed by atoms with Crippen LogP contribution in [0.2, 0.25) is 0 Å². The van der Waals surface area contributed by atoms with Crippen LogP contribution in [0.4, 0.5) is 0 Å². The van der Waals surface area contributed by atoms with Crippen molar-refractivity contribution in [3.63, 3.8) is 0 Å². The van der Waals surface area contributed by atoms with Crippen LogP contribution in [0.5, 0.6) is 0 Å². The van der Waals surface area contributed by atoms with Crippen LogP contribution in [0.15, 0.2) is 65.4 Å². The first-order valence-electron chi connectivity index (χ1n) is 9.73. The molecule has 0 atom stereocenters. The minimum Gasteiger partial charge on any atom is -0.467 e. The molecule has 8 nitrogen and oxygen atoms in total. The van der Waals surface area contributed by atoms with Crippen molar-refractivity contribution in [1.82, 2.24) is 25.6 Å². The van der Waals surface area contributed by atoms with Crippen LogP contribution in [0.25, 0.3) is 22.3 Å².